The third-order valence-corrected chi connectivity index (χ3v) is 2.74. The van der Waals surface area contributed by atoms with Gasteiger partial charge in [-0.15, -0.1) is 9.24 Å². The summed E-state index contributed by atoms with van der Waals surface area (Å²) in [5, 5.41) is 10.8. The summed E-state index contributed by atoms with van der Waals surface area (Å²) in [7, 11) is 2.44. The minimum Gasteiger partial charge on any atom is -0.507 e. The van der Waals surface area contributed by atoms with Gasteiger partial charge in [-0.05, 0) is 6.07 Å². The van der Waals surface area contributed by atoms with Gasteiger partial charge in [-0.2, -0.15) is 0 Å². The summed E-state index contributed by atoms with van der Waals surface area (Å²) in [6, 6.07) is 5.25. The summed E-state index contributed by atoms with van der Waals surface area (Å²) in [6.07, 6.45) is 2.95. The van der Waals surface area contributed by atoms with Crippen molar-refractivity contribution in [2.75, 3.05) is 0 Å². The molecular formula is C10H8ClN2OP. The molecule has 0 aliphatic rings. The Kier molecular flexibility index (Phi) is 2.85. The zero-order valence-corrected chi connectivity index (χ0v) is 9.59. The molecule has 3 nitrogen and oxygen atoms in total. The van der Waals surface area contributed by atoms with Gasteiger partial charge in [-0.3, -0.25) is 0 Å². The first-order valence-electron chi connectivity index (χ1n) is 4.23. The Bertz CT molecular complexity index is 505. The third-order valence-electron chi connectivity index (χ3n) is 1.97. The van der Waals surface area contributed by atoms with Gasteiger partial charge in [0.25, 0.3) is 0 Å². The maximum absolute atomic E-state index is 9.54. The fourth-order valence-electron chi connectivity index (χ4n) is 1.22. The predicted octanol–water partition coefficient (Wildman–Crippen LogP) is 2.00. The number of phenols is 1. The molecule has 0 saturated heterocycles. The van der Waals surface area contributed by atoms with Crippen LogP contribution in [0.3, 0.4) is 0 Å². The van der Waals surface area contributed by atoms with Crippen LogP contribution in [0.5, 0.6) is 5.75 Å². The molecule has 0 amide bonds. The molecule has 0 bridgehead atoms. The molecule has 76 valence electrons. The zero-order chi connectivity index (χ0) is 10.8. The summed E-state index contributed by atoms with van der Waals surface area (Å²) in [6.45, 7) is 0. The van der Waals surface area contributed by atoms with Gasteiger partial charge >= 0.3 is 0 Å². The number of hydrogen-bond donors (Lipinski definition) is 1. The topological polar surface area (TPSA) is 46.0 Å². The third kappa shape index (κ3) is 2.09. The highest BCUT2D eigenvalue weighted by molar-refractivity contribution is 7.27. The minimum atomic E-state index is 0.201. The summed E-state index contributed by atoms with van der Waals surface area (Å²) >= 11 is 5.94. The van der Waals surface area contributed by atoms with Crippen molar-refractivity contribution in [3.05, 3.63) is 35.7 Å². The molecule has 0 radical (unpaired) electrons. The van der Waals surface area contributed by atoms with Gasteiger partial charge in [0.2, 0.25) is 0 Å². The van der Waals surface area contributed by atoms with Crippen LogP contribution in [-0.2, 0) is 0 Å². The van der Waals surface area contributed by atoms with Gasteiger partial charge in [0.15, 0.2) is 0 Å². The molecule has 5 heteroatoms. The molecule has 2 aromatic rings. The normalized spacial score (nSPS) is 10.3. The van der Waals surface area contributed by atoms with E-state index < -0.39 is 0 Å². The van der Waals surface area contributed by atoms with Gasteiger partial charge in [0, 0.05) is 17.1 Å². The van der Waals surface area contributed by atoms with Crippen LogP contribution in [-0.4, -0.2) is 15.1 Å². The van der Waals surface area contributed by atoms with Crippen LogP contribution < -0.4 is 5.30 Å². The van der Waals surface area contributed by atoms with Crippen LogP contribution >= 0.6 is 20.8 Å². The van der Waals surface area contributed by atoms with Gasteiger partial charge in [-0.1, -0.05) is 23.7 Å². The van der Waals surface area contributed by atoms with Crippen molar-refractivity contribution in [2.24, 2.45) is 0 Å². The SMILES string of the molecule is Oc1cc(-c2ncncc2Cl)ccc1P. The average molecular weight is 239 g/mol. The Labute approximate surface area is 94.4 Å². The first kappa shape index (κ1) is 10.3. The number of benzene rings is 1. The number of hydrogen-bond acceptors (Lipinski definition) is 3. The van der Waals surface area contributed by atoms with Gasteiger partial charge in [0.1, 0.15) is 12.1 Å². The number of aromatic nitrogens is 2. The molecule has 15 heavy (non-hydrogen) atoms. The van der Waals surface area contributed by atoms with E-state index in [0.717, 1.165) is 10.9 Å². The van der Waals surface area contributed by atoms with E-state index in [1.165, 1.54) is 12.5 Å². The Morgan fingerprint density at radius 2 is 2.13 bits per heavy atom. The highest BCUT2D eigenvalue weighted by Gasteiger charge is 2.06. The summed E-state index contributed by atoms with van der Waals surface area (Å²) < 4.78 is 0. The van der Waals surface area contributed by atoms with E-state index in [2.05, 4.69) is 19.2 Å². The van der Waals surface area contributed by atoms with Crippen LogP contribution in [0, 0.1) is 0 Å². The van der Waals surface area contributed by atoms with Crippen molar-refractivity contribution < 1.29 is 5.11 Å². The van der Waals surface area contributed by atoms with E-state index in [0.29, 0.717) is 10.7 Å². The first-order chi connectivity index (χ1) is 7.18. The number of rotatable bonds is 1. The summed E-state index contributed by atoms with van der Waals surface area (Å²) in [5.41, 5.74) is 1.39. The standard InChI is InChI=1S/C10H8ClN2OP/c11-7-4-12-5-13-10(7)6-1-2-9(15)8(14)3-6/h1-5,14H,15H2. The lowest BCUT2D eigenvalue weighted by Crippen LogP contribution is -1.92. The number of nitrogens with zero attached hydrogens (tertiary/aromatic N) is 2. The fourth-order valence-corrected chi connectivity index (χ4v) is 1.61. The van der Waals surface area contributed by atoms with E-state index >= 15 is 0 Å². The van der Waals surface area contributed by atoms with Crippen molar-refractivity contribution in [2.45, 2.75) is 0 Å². The van der Waals surface area contributed by atoms with Crippen LogP contribution in [0.4, 0.5) is 0 Å². The van der Waals surface area contributed by atoms with Crippen molar-refractivity contribution in [1.29, 1.82) is 0 Å². The molecule has 1 N–H and O–H groups in total. The van der Waals surface area contributed by atoms with Crippen LogP contribution in [0.25, 0.3) is 11.3 Å². The second kappa shape index (κ2) is 4.13. The van der Waals surface area contributed by atoms with E-state index in [-0.39, 0.29) is 5.75 Å². The molecule has 1 aromatic carbocycles. The zero-order valence-electron chi connectivity index (χ0n) is 7.68. The Hall–Kier alpha value is -1.18. The lowest BCUT2D eigenvalue weighted by molar-refractivity contribution is 0.480. The van der Waals surface area contributed by atoms with Gasteiger partial charge < -0.3 is 5.11 Å². The highest BCUT2D eigenvalue weighted by Crippen LogP contribution is 2.26. The summed E-state index contributed by atoms with van der Waals surface area (Å²) in [5.74, 6) is 0.201. The Morgan fingerprint density at radius 1 is 1.33 bits per heavy atom. The van der Waals surface area contributed by atoms with Crippen LogP contribution in [0.2, 0.25) is 5.02 Å². The van der Waals surface area contributed by atoms with Crippen molar-refractivity contribution >= 4 is 26.1 Å². The second-order valence-electron chi connectivity index (χ2n) is 2.99. The average Bonchev–Trinajstić information content (AvgIpc) is 2.23. The van der Waals surface area contributed by atoms with Crippen molar-refractivity contribution in [1.82, 2.24) is 9.97 Å². The molecule has 0 spiro atoms. The molecule has 1 unspecified atom stereocenters. The van der Waals surface area contributed by atoms with Crippen LogP contribution in [0.15, 0.2) is 30.7 Å². The highest BCUT2D eigenvalue weighted by atomic mass is 35.5. The minimum absolute atomic E-state index is 0.201. The smallest absolute Gasteiger partial charge is 0.123 e. The van der Waals surface area contributed by atoms with Gasteiger partial charge in [0.05, 0.1) is 10.7 Å². The maximum Gasteiger partial charge on any atom is 0.123 e. The Morgan fingerprint density at radius 3 is 2.80 bits per heavy atom. The molecule has 0 aliphatic heterocycles. The van der Waals surface area contributed by atoms with E-state index in [1.54, 1.807) is 12.1 Å². The largest absolute Gasteiger partial charge is 0.507 e. The molecule has 0 aliphatic carbocycles. The number of phenolic OH excluding ortho intramolecular Hbond substituents is 1. The molecule has 0 saturated carbocycles. The van der Waals surface area contributed by atoms with Crippen LogP contribution in [0.1, 0.15) is 0 Å². The monoisotopic (exact) mass is 238 g/mol. The molecule has 0 fully saturated rings. The molecular weight excluding hydrogens is 231 g/mol. The molecule has 1 heterocycles. The number of aromatic hydroxyl groups is 1. The van der Waals surface area contributed by atoms with Gasteiger partial charge in [-0.25, -0.2) is 9.97 Å². The van der Waals surface area contributed by atoms with E-state index in [9.17, 15) is 5.11 Å². The lowest BCUT2D eigenvalue weighted by atomic mass is 10.1. The van der Waals surface area contributed by atoms with E-state index in [4.69, 9.17) is 11.6 Å². The second-order valence-corrected chi connectivity index (χ2v) is 4.02. The van der Waals surface area contributed by atoms with Crippen molar-refractivity contribution in [3.63, 3.8) is 0 Å². The molecule has 1 aromatic heterocycles. The lowest BCUT2D eigenvalue weighted by Gasteiger charge is -2.04. The summed E-state index contributed by atoms with van der Waals surface area (Å²) in [4.78, 5) is 7.86. The molecule has 1 atom stereocenters. The predicted molar refractivity (Wildman–Crippen MR) is 63.5 cm³/mol. The van der Waals surface area contributed by atoms with E-state index in [1.807, 2.05) is 6.07 Å². The quantitative estimate of drug-likeness (QED) is 0.773. The number of halogens is 1. The fraction of sp³-hybridized carbons (Fsp3) is 0. The Balaban J connectivity index is 2.55. The molecule has 2 rings (SSSR count). The maximum atomic E-state index is 9.54. The first-order valence-corrected chi connectivity index (χ1v) is 5.18. The van der Waals surface area contributed by atoms with Crippen molar-refractivity contribution in [3.8, 4) is 17.0 Å².